The number of amides is 11. The van der Waals surface area contributed by atoms with Crippen LogP contribution in [0.2, 0.25) is 0 Å². The van der Waals surface area contributed by atoms with Crippen LogP contribution < -0.4 is 21.3 Å². The van der Waals surface area contributed by atoms with Crippen LogP contribution in [0.1, 0.15) is 136 Å². The predicted molar refractivity (Wildman–Crippen MR) is 310 cm³/mol. The van der Waals surface area contributed by atoms with Crippen LogP contribution in [-0.4, -0.2) is 227 Å². The number of aliphatic hydroxyl groups is 1. The highest BCUT2D eigenvalue weighted by molar-refractivity contribution is 5.99. The first-order valence-corrected chi connectivity index (χ1v) is 28.7. The average Bonchev–Trinajstić information content (AvgIpc) is 3.38. The average molecular weight is 1150 g/mol. The Morgan fingerprint density at radius 3 is 1.46 bits per heavy atom. The van der Waals surface area contributed by atoms with Crippen LogP contribution in [0.25, 0.3) is 0 Å². The minimum absolute atomic E-state index is 0.0270. The van der Waals surface area contributed by atoms with Gasteiger partial charge in [0.05, 0.1) is 19.2 Å². The van der Waals surface area contributed by atoms with E-state index in [4.69, 9.17) is 0 Å². The molecule has 81 heavy (non-hydrogen) atoms. The van der Waals surface area contributed by atoms with Gasteiger partial charge in [-0.25, -0.2) is 0 Å². The molecule has 0 aromatic heterocycles. The van der Waals surface area contributed by atoms with Gasteiger partial charge in [0.15, 0.2) is 0 Å². The maximum Gasteiger partial charge on any atom is 0.246 e. The largest absolute Gasteiger partial charge is 0.390 e. The van der Waals surface area contributed by atoms with Crippen LogP contribution >= 0.6 is 0 Å². The van der Waals surface area contributed by atoms with E-state index in [9.17, 15) is 48.3 Å². The van der Waals surface area contributed by atoms with Crippen LogP contribution in [0.4, 0.5) is 0 Å². The molecule has 1 aliphatic rings. The van der Waals surface area contributed by atoms with Gasteiger partial charge in [-0.3, -0.25) is 52.7 Å². The highest BCUT2D eigenvalue weighted by Gasteiger charge is 2.45. The number of aliphatic hydroxyl groups excluding tert-OH is 1. The van der Waals surface area contributed by atoms with Gasteiger partial charge in [0, 0.05) is 49.3 Å². The molecular formula is C58H103N11O12. The van der Waals surface area contributed by atoms with Gasteiger partial charge in [-0.05, 0) is 88.4 Å². The van der Waals surface area contributed by atoms with E-state index in [1.807, 2.05) is 41.5 Å². The summed E-state index contributed by atoms with van der Waals surface area (Å²) in [4.78, 5) is 165. The van der Waals surface area contributed by atoms with Gasteiger partial charge in [0.2, 0.25) is 65.0 Å². The van der Waals surface area contributed by atoms with Crippen molar-refractivity contribution in [2.45, 2.75) is 196 Å². The SMILES string of the molecule is C/C=C/C[C@@H](C)[C@@H](O)[C@H]1C(=O)N[C@@H](CC)C(=O)N(C)CC(=O)N(C)CC(=O)N[C@@H](C(C)C)C(=O)N(C)[C@@H](C)C(=O)N[C@@H](CC(C)C)C(=O)N[C@H](C)C(=O)N(C)[C@@H](CC(C)C)C(=O)N(C)[C@@H](CC(C)C)C(=O)N(C)[C@@H](C(C)C)C(=O)N1C. The molecule has 1 fully saturated rings. The highest BCUT2D eigenvalue weighted by Crippen LogP contribution is 2.25. The summed E-state index contributed by atoms with van der Waals surface area (Å²) in [6.07, 6.45) is 2.87. The maximum absolute atomic E-state index is 15.1. The van der Waals surface area contributed by atoms with E-state index in [2.05, 4.69) is 21.3 Å². The molecule has 0 radical (unpaired) electrons. The molecule has 0 aliphatic carbocycles. The van der Waals surface area contributed by atoms with E-state index in [1.165, 1.54) is 77.9 Å². The first-order chi connectivity index (χ1) is 37.4. The van der Waals surface area contributed by atoms with Crippen molar-refractivity contribution in [3.8, 4) is 0 Å². The number of carbonyl (C=O) groups is 11. The van der Waals surface area contributed by atoms with Crippen LogP contribution in [0.5, 0.6) is 0 Å². The number of hydrogen-bond donors (Lipinski definition) is 5. The highest BCUT2D eigenvalue weighted by atomic mass is 16.3. The second-order valence-corrected chi connectivity index (χ2v) is 24.2. The fourth-order valence-electron chi connectivity index (χ4n) is 9.82. The molecule has 1 aliphatic heterocycles. The zero-order valence-electron chi connectivity index (χ0n) is 52.9. The van der Waals surface area contributed by atoms with Gasteiger partial charge in [-0.15, -0.1) is 0 Å². The molecule has 462 valence electrons. The minimum Gasteiger partial charge on any atom is -0.390 e. The first-order valence-electron chi connectivity index (χ1n) is 28.7. The monoisotopic (exact) mass is 1150 g/mol. The maximum atomic E-state index is 15.1. The smallest absolute Gasteiger partial charge is 0.246 e. The molecule has 11 amide bonds. The molecule has 0 spiro atoms. The van der Waals surface area contributed by atoms with E-state index >= 15 is 9.59 Å². The van der Waals surface area contributed by atoms with Crippen molar-refractivity contribution < 1.29 is 57.8 Å². The summed E-state index contributed by atoms with van der Waals surface area (Å²) in [6, 6.07) is -11.1. The van der Waals surface area contributed by atoms with Crippen LogP contribution in [-0.2, 0) is 52.7 Å². The Kier molecular flexibility index (Phi) is 29.8. The van der Waals surface area contributed by atoms with E-state index in [1.54, 1.807) is 60.6 Å². The standard InChI is InChI=1S/C58H103N11O12/c1-23-25-26-37(13)49(72)48-52(75)60-40(24-2)54(77)64(17)31-45(71)63(16)30-44(70)62-46(35(9)10)57(80)65(18)39(15)50(73)61-41(27-32(3)4)51(74)59-38(14)53(76)66(19)42(28-33(5)6)55(78)67(20)43(29-34(7)8)56(79)68(21)47(36(11)12)58(81)69(48)22/h23,25,32-43,46-49,72H,24,26-31H2,1-22H3,(H,59,74)(H,60,75)(H,61,73)(H,62,70)/b25-23+/t37-,38-,39+,40+,41+,42+,43+,46+,47+,48+,49-/m1/s1. The molecule has 23 heteroatoms. The molecule has 1 rings (SSSR count). The summed E-state index contributed by atoms with van der Waals surface area (Å²) in [6.45, 7) is 25.0. The topological polar surface area (TPSA) is 279 Å². The van der Waals surface area contributed by atoms with Crippen molar-refractivity contribution in [1.82, 2.24) is 55.6 Å². The fourth-order valence-corrected chi connectivity index (χ4v) is 9.82. The summed E-state index contributed by atoms with van der Waals surface area (Å²) < 4.78 is 0. The lowest BCUT2D eigenvalue weighted by Gasteiger charge is -2.41. The molecule has 1 heterocycles. The molecular weight excluding hydrogens is 1040 g/mol. The van der Waals surface area contributed by atoms with Crippen molar-refractivity contribution in [2.24, 2.45) is 35.5 Å². The summed E-state index contributed by atoms with van der Waals surface area (Å²) in [5.74, 6) is -9.63. The lowest BCUT2D eigenvalue weighted by atomic mass is 9.91. The zero-order chi connectivity index (χ0) is 62.8. The molecule has 0 saturated carbocycles. The van der Waals surface area contributed by atoms with Crippen molar-refractivity contribution in [2.75, 3.05) is 62.4 Å². The molecule has 11 atom stereocenters. The normalized spacial score (nSPS) is 26.6. The van der Waals surface area contributed by atoms with E-state index in [-0.39, 0.29) is 43.4 Å². The third kappa shape index (κ3) is 20.7. The Hall–Kier alpha value is -6.13. The molecule has 1 saturated heterocycles. The van der Waals surface area contributed by atoms with Gasteiger partial charge in [-0.2, -0.15) is 0 Å². The Morgan fingerprint density at radius 1 is 0.506 bits per heavy atom. The predicted octanol–water partition coefficient (Wildman–Crippen LogP) is 1.85. The van der Waals surface area contributed by atoms with Gasteiger partial charge in [0.25, 0.3) is 0 Å². The van der Waals surface area contributed by atoms with Gasteiger partial charge < -0.3 is 60.7 Å². The van der Waals surface area contributed by atoms with Crippen LogP contribution in [0, 0.1) is 35.5 Å². The molecule has 0 unspecified atom stereocenters. The number of nitrogens with one attached hydrogen (secondary N) is 4. The Labute approximate surface area is 483 Å². The molecule has 0 bridgehead atoms. The molecule has 5 N–H and O–H groups in total. The number of hydrogen-bond acceptors (Lipinski definition) is 12. The Balaban J connectivity index is 4.20. The first kappa shape index (κ1) is 72.9. The van der Waals surface area contributed by atoms with Crippen molar-refractivity contribution in [3.63, 3.8) is 0 Å². The number of likely N-dealkylation sites (N-methyl/N-ethyl adjacent to an activating group) is 7. The second kappa shape index (κ2) is 33.1. The van der Waals surface area contributed by atoms with Crippen molar-refractivity contribution in [3.05, 3.63) is 12.2 Å². The third-order valence-electron chi connectivity index (χ3n) is 15.1. The minimum atomic E-state index is -1.60. The Morgan fingerprint density at radius 2 is 0.988 bits per heavy atom. The quantitative estimate of drug-likeness (QED) is 0.165. The number of rotatable bonds is 13. The lowest BCUT2D eigenvalue weighted by molar-refractivity contribution is -0.157. The fraction of sp³-hybridized carbons (Fsp3) is 0.776. The van der Waals surface area contributed by atoms with Crippen LogP contribution in [0.15, 0.2) is 12.2 Å². The van der Waals surface area contributed by atoms with Crippen LogP contribution in [0.3, 0.4) is 0 Å². The number of allylic oxidation sites excluding steroid dienone is 2. The Bertz CT molecular complexity index is 2220. The van der Waals surface area contributed by atoms with Crippen molar-refractivity contribution >= 4 is 65.0 Å². The number of nitrogens with zero attached hydrogens (tertiary/aromatic N) is 7. The molecule has 0 aromatic rings. The molecule has 23 nitrogen and oxygen atoms in total. The van der Waals surface area contributed by atoms with Gasteiger partial charge >= 0.3 is 0 Å². The molecule has 0 aromatic carbocycles. The second-order valence-electron chi connectivity index (χ2n) is 24.2. The number of carbonyl (C=O) groups excluding carboxylic acids is 11. The summed E-state index contributed by atoms with van der Waals surface area (Å²) in [5.41, 5.74) is 0. The van der Waals surface area contributed by atoms with E-state index in [0.717, 1.165) is 19.6 Å². The van der Waals surface area contributed by atoms with Crippen molar-refractivity contribution in [1.29, 1.82) is 0 Å². The third-order valence-corrected chi connectivity index (χ3v) is 15.1. The van der Waals surface area contributed by atoms with E-state index in [0.29, 0.717) is 6.42 Å². The zero-order valence-corrected chi connectivity index (χ0v) is 52.9. The van der Waals surface area contributed by atoms with Gasteiger partial charge in [-0.1, -0.05) is 95.2 Å². The summed E-state index contributed by atoms with van der Waals surface area (Å²) in [7, 11) is 9.74. The summed E-state index contributed by atoms with van der Waals surface area (Å²) in [5, 5.41) is 22.8. The summed E-state index contributed by atoms with van der Waals surface area (Å²) >= 11 is 0. The van der Waals surface area contributed by atoms with E-state index < -0.39 is 156 Å². The lowest BCUT2D eigenvalue weighted by Crippen LogP contribution is -2.63. The van der Waals surface area contributed by atoms with Gasteiger partial charge in [0.1, 0.15) is 54.4 Å².